The van der Waals surface area contributed by atoms with Crippen molar-refractivity contribution in [1.29, 1.82) is 0 Å². The number of benzene rings is 2. The summed E-state index contributed by atoms with van der Waals surface area (Å²) in [6.45, 7) is 3.21. The molecule has 3 rings (SSSR count). The number of carbonyl (C=O) groups excluding carboxylic acids is 1. The molecule has 1 aliphatic heterocycles. The molecule has 0 aliphatic carbocycles. The van der Waals surface area contributed by atoms with Crippen molar-refractivity contribution >= 4 is 11.9 Å². The van der Waals surface area contributed by atoms with Crippen LogP contribution in [0.1, 0.15) is 35.3 Å². The monoisotopic (exact) mass is 356 g/mol. The first-order valence-corrected chi connectivity index (χ1v) is 8.15. The van der Waals surface area contributed by atoms with E-state index < -0.39 is 11.7 Å². The van der Waals surface area contributed by atoms with Crippen molar-refractivity contribution < 1.29 is 30.0 Å². The van der Waals surface area contributed by atoms with E-state index in [1.807, 2.05) is 0 Å². The summed E-state index contributed by atoms with van der Waals surface area (Å²) < 4.78 is 5.75. The molecule has 0 bridgehead atoms. The third-order valence-corrected chi connectivity index (χ3v) is 4.37. The Kier molecular flexibility index (Phi) is 4.38. The molecule has 0 spiro atoms. The molecule has 0 saturated carbocycles. The van der Waals surface area contributed by atoms with Crippen LogP contribution >= 0.6 is 0 Å². The highest BCUT2D eigenvalue weighted by Gasteiger charge is 2.38. The van der Waals surface area contributed by atoms with E-state index in [-0.39, 0.29) is 34.3 Å². The van der Waals surface area contributed by atoms with Gasteiger partial charge in [-0.1, -0.05) is 0 Å². The van der Waals surface area contributed by atoms with Gasteiger partial charge in [0.25, 0.3) is 0 Å². The molecule has 0 saturated heterocycles. The molecule has 1 aliphatic rings. The lowest BCUT2D eigenvalue weighted by Gasteiger charge is -2.24. The second kappa shape index (κ2) is 6.38. The molecule has 2 aromatic rings. The summed E-state index contributed by atoms with van der Waals surface area (Å²) in [5, 5.41) is 39.3. The van der Waals surface area contributed by atoms with Gasteiger partial charge in [-0.15, -0.1) is 0 Å². The third-order valence-electron chi connectivity index (χ3n) is 4.37. The maximum atomic E-state index is 12.6. The van der Waals surface area contributed by atoms with Gasteiger partial charge in [-0.05, 0) is 50.3 Å². The number of aromatic hydroxyl groups is 3. The van der Waals surface area contributed by atoms with Crippen LogP contribution in [0.15, 0.2) is 36.4 Å². The Morgan fingerprint density at radius 1 is 1.15 bits per heavy atom. The predicted octanol–water partition coefficient (Wildman–Crippen LogP) is 2.77. The number of aliphatic hydroxyl groups is 1. The zero-order chi connectivity index (χ0) is 19.1. The van der Waals surface area contributed by atoms with Gasteiger partial charge in [0.1, 0.15) is 29.1 Å². The molecule has 4 N–H and O–H groups in total. The molecule has 0 aromatic heterocycles. The van der Waals surface area contributed by atoms with E-state index >= 15 is 0 Å². The van der Waals surface area contributed by atoms with Crippen molar-refractivity contribution in [1.82, 2.24) is 0 Å². The predicted molar refractivity (Wildman–Crippen MR) is 95.7 cm³/mol. The molecule has 0 fully saturated rings. The third kappa shape index (κ3) is 3.36. The van der Waals surface area contributed by atoms with Crippen LogP contribution in [-0.4, -0.2) is 37.9 Å². The van der Waals surface area contributed by atoms with E-state index in [1.54, 1.807) is 13.8 Å². The fourth-order valence-corrected chi connectivity index (χ4v) is 2.83. The largest absolute Gasteiger partial charge is 0.508 e. The Hall–Kier alpha value is -2.99. The molecule has 0 radical (unpaired) electrons. The summed E-state index contributed by atoms with van der Waals surface area (Å²) in [6, 6.07) is 6.95. The molecular formula is C20H20O6. The Balaban J connectivity index is 1.90. The molecule has 26 heavy (non-hydrogen) atoms. The molecule has 6 heteroatoms. The summed E-state index contributed by atoms with van der Waals surface area (Å²) in [5.74, 6) is -0.313. The maximum absolute atomic E-state index is 12.6. The Morgan fingerprint density at radius 2 is 1.88 bits per heavy atom. The quantitative estimate of drug-likeness (QED) is 0.496. The molecule has 0 amide bonds. The van der Waals surface area contributed by atoms with Gasteiger partial charge in [0, 0.05) is 23.6 Å². The van der Waals surface area contributed by atoms with Crippen LogP contribution in [0.4, 0.5) is 0 Å². The molecular weight excluding hydrogens is 336 g/mol. The van der Waals surface area contributed by atoms with Gasteiger partial charge in [0.05, 0.1) is 11.2 Å². The summed E-state index contributed by atoms with van der Waals surface area (Å²) in [5.41, 5.74) is 0.00388. The average Bonchev–Trinajstić information content (AvgIpc) is 3.00. The van der Waals surface area contributed by atoms with Gasteiger partial charge >= 0.3 is 0 Å². The van der Waals surface area contributed by atoms with Crippen molar-refractivity contribution in [3.8, 4) is 23.0 Å². The van der Waals surface area contributed by atoms with Crippen LogP contribution in [0.5, 0.6) is 23.0 Å². The second-order valence-electron chi connectivity index (χ2n) is 6.84. The number of carbonyl (C=O) groups is 1. The first kappa shape index (κ1) is 17.8. The summed E-state index contributed by atoms with van der Waals surface area (Å²) in [4.78, 5) is 12.6. The van der Waals surface area contributed by atoms with Crippen molar-refractivity contribution in [2.75, 3.05) is 0 Å². The van der Waals surface area contributed by atoms with E-state index in [4.69, 9.17) is 4.74 Å². The van der Waals surface area contributed by atoms with Crippen LogP contribution in [0.25, 0.3) is 6.08 Å². The normalized spacial score (nSPS) is 16.5. The molecule has 1 heterocycles. The molecule has 1 unspecified atom stereocenters. The molecule has 136 valence electrons. The van der Waals surface area contributed by atoms with Crippen LogP contribution in [0, 0.1) is 0 Å². The first-order chi connectivity index (χ1) is 12.2. The van der Waals surface area contributed by atoms with Crippen molar-refractivity contribution in [3.05, 3.63) is 53.1 Å². The number of hydrogen-bond acceptors (Lipinski definition) is 6. The average molecular weight is 356 g/mol. The summed E-state index contributed by atoms with van der Waals surface area (Å²) >= 11 is 0. The number of ketones is 1. The SMILES string of the molecule is CC(C)(O)C1Cc2c(O)ccc(C(=O)/C=C/c3ccc(O)cc3O)c2O1. The summed E-state index contributed by atoms with van der Waals surface area (Å²) in [7, 11) is 0. The number of hydrogen-bond donors (Lipinski definition) is 4. The number of phenols is 3. The van der Waals surface area contributed by atoms with Gasteiger partial charge in [-0.2, -0.15) is 0 Å². The smallest absolute Gasteiger partial charge is 0.189 e. The van der Waals surface area contributed by atoms with E-state index in [1.165, 1.54) is 42.5 Å². The number of ether oxygens (including phenoxy) is 1. The van der Waals surface area contributed by atoms with E-state index in [0.717, 1.165) is 0 Å². The van der Waals surface area contributed by atoms with Gasteiger partial charge in [0.2, 0.25) is 0 Å². The topological polar surface area (TPSA) is 107 Å². The molecule has 2 aromatic carbocycles. The second-order valence-corrected chi connectivity index (χ2v) is 6.84. The van der Waals surface area contributed by atoms with Crippen molar-refractivity contribution in [3.63, 3.8) is 0 Å². The van der Waals surface area contributed by atoms with Gasteiger partial charge in [0.15, 0.2) is 5.78 Å². The van der Waals surface area contributed by atoms with E-state index in [9.17, 15) is 25.2 Å². The fourth-order valence-electron chi connectivity index (χ4n) is 2.83. The number of fused-ring (bicyclic) bond motifs is 1. The Labute approximate surface area is 150 Å². The lowest BCUT2D eigenvalue weighted by molar-refractivity contribution is -0.0231. The highest BCUT2D eigenvalue weighted by molar-refractivity contribution is 6.09. The lowest BCUT2D eigenvalue weighted by Crippen LogP contribution is -2.39. The van der Waals surface area contributed by atoms with E-state index in [0.29, 0.717) is 17.5 Å². The van der Waals surface area contributed by atoms with Gasteiger partial charge in [-0.25, -0.2) is 0 Å². The Bertz CT molecular complexity index is 892. The van der Waals surface area contributed by atoms with Gasteiger partial charge in [-0.3, -0.25) is 4.79 Å². The zero-order valence-corrected chi connectivity index (χ0v) is 14.4. The highest BCUT2D eigenvalue weighted by Crippen LogP contribution is 2.41. The number of rotatable bonds is 4. The Morgan fingerprint density at radius 3 is 2.54 bits per heavy atom. The number of allylic oxidation sites excluding steroid dienone is 1. The number of phenolic OH excluding ortho intramolecular Hbond substituents is 3. The minimum absolute atomic E-state index is 0.0171. The van der Waals surface area contributed by atoms with Crippen LogP contribution in [0.2, 0.25) is 0 Å². The van der Waals surface area contributed by atoms with E-state index in [2.05, 4.69) is 0 Å². The standard InChI is InChI=1S/C20H20O6/c1-20(2,25)18-10-14-16(23)8-6-13(19(14)26-18)15(22)7-4-11-3-5-12(21)9-17(11)24/h3-9,18,21,23-25H,10H2,1-2H3/b7-4+. The molecule has 6 nitrogen and oxygen atoms in total. The lowest BCUT2D eigenvalue weighted by atomic mass is 9.96. The summed E-state index contributed by atoms with van der Waals surface area (Å²) in [6.07, 6.45) is 2.44. The molecule has 1 atom stereocenters. The minimum atomic E-state index is -1.13. The zero-order valence-electron chi connectivity index (χ0n) is 14.4. The minimum Gasteiger partial charge on any atom is -0.508 e. The van der Waals surface area contributed by atoms with Crippen LogP contribution in [-0.2, 0) is 6.42 Å². The fraction of sp³-hybridized carbons (Fsp3) is 0.250. The highest BCUT2D eigenvalue weighted by atomic mass is 16.5. The van der Waals surface area contributed by atoms with Gasteiger partial charge < -0.3 is 25.2 Å². The van der Waals surface area contributed by atoms with Crippen molar-refractivity contribution in [2.45, 2.75) is 32.0 Å². The first-order valence-electron chi connectivity index (χ1n) is 8.15. The van der Waals surface area contributed by atoms with Crippen LogP contribution < -0.4 is 4.74 Å². The van der Waals surface area contributed by atoms with Crippen molar-refractivity contribution in [2.24, 2.45) is 0 Å². The maximum Gasteiger partial charge on any atom is 0.189 e. The van der Waals surface area contributed by atoms with Crippen LogP contribution in [0.3, 0.4) is 0 Å².